The highest BCUT2D eigenvalue weighted by molar-refractivity contribution is 7.18. The monoisotopic (exact) mass is 324 g/mol. The van der Waals surface area contributed by atoms with Crippen molar-refractivity contribution < 1.29 is 9.59 Å². The molecule has 0 radical (unpaired) electrons. The molecule has 5 heteroatoms. The molecular weight excluding hydrogens is 308 g/mol. The number of amides is 1. The molecule has 116 valence electrons. The van der Waals surface area contributed by atoms with Gasteiger partial charge in [0, 0.05) is 0 Å². The maximum Gasteiger partial charge on any atom is 0.227 e. The Labute approximate surface area is 138 Å². The molecule has 0 atom stereocenters. The summed E-state index contributed by atoms with van der Waals surface area (Å²) in [7, 11) is 0. The molecule has 1 aromatic heterocycles. The van der Waals surface area contributed by atoms with Crippen LogP contribution in [0.3, 0.4) is 0 Å². The zero-order valence-corrected chi connectivity index (χ0v) is 13.5. The quantitative estimate of drug-likeness (QED) is 0.784. The summed E-state index contributed by atoms with van der Waals surface area (Å²) >= 11 is 1.51. The van der Waals surface area contributed by atoms with E-state index in [-0.39, 0.29) is 24.7 Å². The van der Waals surface area contributed by atoms with Gasteiger partial charge in [-0.3, -0.25) is 9.59 Å². The predicted molar refractivity (Wildman–Crippen MR) is 92.5 cm³/mol. The SMILES string of the molecule is CC(=O)CNC(=O)Cc1nc2ccc(-c3ccccc3)cc2s1. The topological polar surface area (TPSA) is 59.1 Å². The maximum absolute atomic E-state index is 11.8. The van der Waals surface area contributed by atoms with Gasteiger partial charge in [-0.1, -0.05) is 36.4 Å². The molecular formula is C18H16N2O2S. The Morgan fingerprint density at radius 2 is 1.87 bits per heavy atom. The number of carbonyl (C=O) groups is 2. The van der Waals surface area contributed by atoms with E-state index in [4.69, 9.17) is 0 Å². The van der Waals surface area contributed by atoms with Crippen LogP contribution in [0.4, 0.5) is 0 Å². The Morgan fingerprint density at radius 1 is 1.09 bits per heavy atom. The number of nitrogens with zero attached hydrogens (tertiary/aromatic N) is 1. The molecule has 3 rings (SSSR count). The molecule has 0 aliphatic carbocycles. The predicted octanol–water partition coefficient (Wildman–Crippen LogP) is 3.21. The molecule has 23 heavy (non-hydrogen) atoms. The van der Waals surface area contributed by atoms with E-state index in [9.17, 15) is 9.59 Å². The summed E-state index contributed by atoms with van der Waals surface area (Å²) in [5.74, 6) is -0.238. The van der Waals surface area contributed by atoms with E-state index >= 15 is 0 Å². The van der Waals surface area contributed by atoms with E-state index in [2.05, 4.69) is 28.5 Å². The highest BCUT2D eigenvalue weighted by atomic mass is 32.1. The first kappa shape index (κ1) is 15.4. The number of aromatic nitrogens is 1. The first-order chi connectivity index (χ1) is 11.1. The summed E-state index contributed by atoms with van der Waals surface area (Å²) in [5.41, 5.74) is 3.18. The third-order valence-electron chi connectivity index (χ3n) is 3.39. The van der Waals surface area contributed by atoms with Crippen molar-refractivity contribution in [3.63, 3.8) is 0 Å². The second-order valence-electron chi connectivity index (χ2n) is 5.31. The van der Waals surface area contributed by atoms with E-state index in [0.717, 1.165) is 26.4 Å². The number of rotatable bonds is 5. The number of nitrogens with one attached hydrogen (secondary N) is 1. The summed E-state index contributed by atoms with van der Waals surface area (Å²) < 4.78 is 1.06. The van der Waals surface area contributed by atoms with Crippen molar-refractivity contribution in [2.75, 3.05) is 6.54 Å². The summed E-state index contributed by atoms with van der Waals surface area (Å²) in [6.07, 6.45) is 0.202. The Kier molecular flexibility index (Phi) is 4.48. The lowest BCUT2D eigenvalue weighted by Crippen LogP contribution is -2.29. The zero-order valence-electron chi connectivity index (χ0n) is 12.7. The lowest BCUT2D eigenvalue weighted by molar-refractivity contribution is -0.124. The van der Waals surface area contributed by atoms with Crippen LogP contribution in [0.25, 0.3) is 21.3 Å². The molecule has 2 aromatic carbocycles. The van der Waals surface area contributed by atoms with Crippen LogP contribution < -0.4 is 5.32 Å². The Balaban J connectivity index is 1.79. The number of Topliss-reactive ketones (excluding diaryl/α,β-unsaturated/α-hetero) is 1. The number of ketones is 1. The van der Waals surface area contributed by atoms with Gasteiger partial charge in [0.15, 0.2) is 0 Å². The van der Waals surface area contributed by atoms with E-state index in [0.29, 0.717) is 0 Å². The van der Waals surface area contributed by atoms with Crippen molar-refractivity contribution in [1.82, 2.24) is 10.3 Å². The number of carbonyl (C=O) groups excluding carboxylic acids is 2. The molecule has 0 bridgehead atoms. The standard InChI is InChI=1S/C18H16N2O2S/c1-12(21)11-19-17(22)10-18-20-15-8-7-14(9-16(15)23-18)13-5-3-2-4-6-13/h2-9H,10-11H2,1H3,(H,19,22). The van der Waals surface area contributed by atoms with Crippen molar-refractivity contribution in [1.29, 1.82) is 0 Å². The number of hydrogen-bond acceptors (Lipinski definition) is 4. The van der Waals surface area contributed by atoms with Crippen LogP contribution >= 0.6 is 11.3 Å². The smallest absolute Gasteiger partial charge is 0.227 e. The summed E-state index contributed by atoms with van der Waals surface area (Å²) in [6.45, 7) is 1.52. The molecule has 0 saturated carbocycles. The molecule has 0 unspecified atom stereocenters. The number of benzene rings is 2. The minimum atomic E-state index is -0.178. The molecule has 4 nitrogen and oxygen atoms in total. The Morgan fingerprint density at radius 3 is 2.61 bits per heavy atom. The normalized spacial score (nSPS) is 10.7. The van der Waals surface area contributed by atoms with Gasteiger partial charge in [-0.05, 0) is 30.2 Å². The zero-order chi connectivity index (χ0) is 16.2. The van der Waals surface area contributed by atoms with E-state index in [1.54, 1.807) is 0 Å². The maximum atomic E-state index is 11.8. The van der Waals surface area contributed by atoms with E-state index in [1.807, 2.05) is 30.3 Å². The number of fused-ring (bicyclic) bond motifs is 1. The largest absolute Gasteiger partial charge is 0.349 e. The van der Waals surface area contributed by atoms with Gasteiger partial charge in [-0.25, -0.2) is 4.98 Å². The molecule has 1 heterocycles. The second-order valence-corrected chi connectivity index (χ2v) is 6.43. The fraction of sp³-hybridized carbons (Fsp3) is 0.167. The Hall–Kier alpha value is -2.53. The van der Waals surface area contributed by atoms with Crippen LogP contribution in [0.1, 0.15) is 11.9 Å². The van der Waals surface area contributed by atoms with Gasteiger partial charge in [0.25, 0.3) is 0 Å². The lowest BCUT2D eigenvalue weighted by atomic mass is 10.1. The van der Waals surface area contributed by atoms with Crippen molar-refractivity contribution in [2.45, 2.75) is 13.3 Å². The lowest BCUT2D eigenvalue weighted by Gasteiger charge is -2.00. The minimum absolute atomic E-state index is 0.0600. The summed E-state index contributed by atoms with van der Waals surface area (Å²) in [6, 6.07) is 16.3. The van der Waals surface area contributed by atoms with Gasteiger partial charge in [0.05, 0.1) is 23.2 Å². The van der Waals surface area contributed by atoms with Crippen LogP contribution in [-0.2, 0) is 16.0 Å². The fourth-order valence-electron chi connectivity index (χ4n) is 2.28. The Bertz CT molecular complexity index is 856. The van der Waals surface area contributed by atoms with Gasteiger partial charge in [-0.15, -0.1) is 11.3 Å². The third-order valence-corrected chi connectivity index (χ3v) is 4.40. The molecule has 3 aromatic rings. The molecule has 0 fully saturated rings. The van der Waals surface area contributed by atoms with Crippen LogP contribution in [0.2, 0.25) is 0 Å². The summed E-state index contributed by atoms with van der Waals surface area (Å²) in [4.78, 5) is 27.2. The van der Waals surface area contributed by atoms with Gasteiger partial charge in [0.2, 0.25) is 5.91 Å². The molecule has 1 amide bonds. The first-order valence-electron chi connectivity index (χ1n) is 7.33. The van der Waals surface area contributed by atoms with Gasteiger partial charge < -0.3 is 5.32 Å². The third kappa shape index (κ3) is 3.81. The number of thiazole rings is 1. The van der Waals surface area contributed by atoms with Crippen LogP contribution in [-0.4, -0.2) is 23.2 Å². The molecule has 0 aliphatic heterocycles. The van der Waals surface area contributed by atoms with Gasteiger partial charge >= 0.3 is 0 Å². The average molecular weight is 324 g/mol. The van der Waals surface area contributed by atoms with Crippen LogP contribution in [0, 0.1) is 0 Å². The van der Waals surface area contributed by atoms with Crippen molar-refractivity contribution in [3.05, 3.63) is 53.5 Å². The summed E-state index contributed by atoms with van der Waals surface area (Å²) in [5, 5.41) is 3.35. The van der Waals surface area contributed by atoms with Crippen LogP contribution in [0.5, 0.6) is 0 Å². The number of hydrogen-bond donors (Lipinski definition) is 1. The fourth-order valence-corrected chi connectivity index (χ4v) is 3.29. The minimum Gasteiger partial charge on any atom is -0.349 e. The van der Waals surface area contributed by atoms with Gasteiger partial charge in [0.1, 0.15) is 10.8 Å². The van der Waals surface area contributed by atoms with E-state index in [1.165, 1.54) is 18.3 Å². The molecule has 1 N–H and O–H groups in total. The van der Waals surface area contributed by atoms with Crippen molar-refractivity contribution >= 4 is 33.2 Å². The average Bonchev–Trinajstić information content (AvgIpc) is 2.95. The van der Waals surface area contributed by atoms with Crippen molar-refractivity contribution in [2.24, 2.45) is 0 Å². The first-order valence-corrected chi connectivity index (χ1v) is 8.14. The second kappa shape index (κ2) is 6.71. The highest BCUT2D eigenvalue weighted by Crippen LogP contribution is 2.28. The van der Waals surface area contributed by atoms with E-state index < -0.39 is 0 Å². The van der Waals surface area contributed by atoms with Crippen LogP contribution in [0.15, 0.2) is 48.5 Å². The van der Waals surface area contributed by atoms with Crippen molar-refractivity contribution in [3.8, 4) is 11.1 Å². The molecule has 0 saturated heterocycles. The molecule has 0 spiro atoms. The highest BCUT2D eigenvalue weighted by Gasteiger charge is 2.10. The van der Waals surface area contributed by atoms with Gasteiger partial charge in [-0.2, -0.15) is 0 Å². The molecule has 0 aliphatic rings.